The van der Waals surface area contributed by atoms with E-state index < -0.39 is 0 Å². The number of rotatable bonds is 2. The molecule has 0 aromatic heterocycles. The Morgan fingerprint density at radius 1 is 1.50 bits per heavy atom. The van der Waals surface area contributed by atoms with Crippen LogP contribution < -0.4 is 5.73 Å². The van der Waals surface area contributed by atoms with Gasteiger partial charge in [-0.15, -0.1) is 0 Å². The molecule has 1 heterocycles. The van der Waals surface area contributed by atoms with Crippen LogP contribution in [0.25, 0.3) is 0 Å². The maximum atomic E-state index is 12.2. The smallest absolute Gasteiger partial charge is 0.170 e. The van der Waals surface area contributed by atoms with E-state index in [9.17, 15) is 4.79 Å². The number of halogens is 1. The maximum absolute atomic E-state index is 12.2. The predicted molar refractivity (Wildman–Crippen MR) is 66.4 cm³/mol. The van der Waals surface area contributed by atoms with Crippen LogP contribution in [0.4, 0.5) is 5.69 Å². The Morgan fingerprint density at radius 3 is 2.94 bits per heavy atom. The molecule has 1 atom stereocenters. The lowest BCUT2D eigenvalue weighted by molar-refractivity contribution is 0.0462. The Balaban J connectivity index is 2.19. The van der Waals surface area contributed by atoms with Gasteiger partial charge in [-0.3, -0.25) is 4.79 Å². The minimum atomic E-state index is -0.0303. The number of ketones is 1. The van der Waals surface area contributed by atoms with E-state index in [4.69, 9.17) is 10.5 Å². The summed E-state index contributed by atoms with van der Waals surface area (Å²) in [5.74, 6) is 0.0712. The van der Waals surface area contributed by atoms with E-state index in [1.54, 1.807) is 12.1 Å². The van der Waals surface area contributed by atoms with Crippen LogP contribution >= 0.6 is 15.9 Å². The Hall–Kier alpha value is -0.870. The second-order valence-electron chi connectivity index (χ2n) is 4.01. The number of Topliss-reactive ketones (excluding diaryl/α,β-unsaturated/α-hetero) is 1. The number of anilines is 1. The van der Waals surface area contributed by atoms with Crippen LogP contribution in [-0.2, 0) is 4.74 Å². The fourth-order valence-corrected chi connectivity index (χ4v) is 2.30. The van der Waals surface area contributed by atoms with Crippen LogP contribution in [0.15, 0.2) is 22.7 Å². The molecule has 1 aliphatic rings. The third-order valence-corrected chi connectivity index (χ3v) is 3.30. The van der Waals surface area contributed by atoms with E-state index in [1.165, 1.54) is 0 Å². The van der Waals surface area contributed by atoms with Gasteiger partial charge in [0.25, 0.3) is 0 Å². The highest BCUT2D eigenvalue weighted by molar-refractivity contribution is 9.10. The Morgan fingerprint density at radius 2 is 2.31 bits per heavy atom. The molecule has 0 aliphatic carbocycles. The fourth-order valence-electron chi connectivity index (χ4n) is 1.93. The van der Waals surface area contributed by atoms with E-state index in [0.717, 1.165) is 23.9 Å². The van der Waals surface area contributed by atoms with Crippen LogP contribution in [0.2, 0.25) is 0 Å². The first-order chi connectivity index (χ1) is 7.68. The van der Waals surface area contributed by atoms with Gasteiger partial charge in [0.15, 0.2) is 5.78 Å². The van der Waals surface area contributed by atoms with Crippen LogP contribution in [0, 0.1) is 5.92 Å². The quantitative estimate of drug-likeness (QED) is 0.671. The summed E-state index contributed by atoms with van der Waals surface area (Å²) >= 11 is 3.33. The third-order valence-electron chi connectivity index (χ3n) is 2.81. The average Bonchev–Trinajstić information content (AvgIpc) is 2.29. The van der Waals surface area contributed by atoms with Crippen molar-refractivity contribution in [2.24, 2.45) is 5.92 Å². The van der Waals surface area contributed by atoms with E-state index in [2.05, 4.69) is 15.9 Å². The van der Waals surface area contributed by atoms with Gasteiger partial charge in [-0.2, -0.15) is 0 Å². The molecule has 0 saturated carbocycles. The standard InChI is InChI=1S/C12H14BrNO2/c13-9-3-4-10(11(14)6-9)12(15)8-2-1-5-16-7-8/h3-4,6,8H,1-2,5,7,14H2. The molecular formula is C12H14BrNO2. The minimum Gasteiger partial charge on any atom is -0.398 e. The number of carbonyl (C=O) groups excluding carboxylic acids is 1. The van der Waals surface area contributed by atoms with Crippen LogP contribution in [0.3, 0.4) is 0 Å². The SMILES string of the molecule is Nc1cc(Br)ccc1C(=O)C1CCCOC1. The lowest BCUT2D eigenvalue weighted by Crippen LogP contribution is -2.25. The van der Waals surface area contributed by atoms with Crippen molar-refractivity contribution >= 4 is 27.4 Å². The molecule has 0 radical (unpaired) electrons. The number of hydrogen-bond acceptors (Lipinski definition) is 3. The van der Waals surface area contributed by atoms with Crippen LogP contribution in [-0.4, -0.2) is 19.0 Å². The molecule has 2 rings (SSSR count). The second kappa shape index (κ2) is 4.97. The van der Waals surface area contributed by atoms with Gasteiger partial charge in [0, 0.05) is 28.2 Å². The number of nitrogen functional groups attached to an aromatic ring is 1. The first-order valence-electron chi connectivity index (χ1n) is 5.35. The number of benzene rings is 1. The fraction of sp³-hybridized carbons (Fsp3) is 0.417. The summed E-state index contributed by atoms with van der Waals surface area (Å²) in [6, 6.07) is 5.38. The summed E-state index contributed by atoms with van der Waals surface area (Å²) in [5, 5.41) is 0. The van der Waals surface area contributed by atoms with Crippen LogP contribution in [0.1, 0.15) is 23.2 Å². The molecule has 1 saturated heterocycles. The Labute approximate surface area is 103 Å². The molecule has 1 aromatic rings. The third kappa shape index (κ3) is 2.44. The molecular weight excluding hydrogens is 270 g/mol. The molecule has 1 aromatic carbocycles. The number of carbonyl (C=O) groups is 1. The molecule has 3 nitrogen and oxygen atoms in total. The zero-order valence-electron chi connectivity index (χ0n) is 8.91. The highest BCUT2D eigenvalue weighted by Crippen LogP contribution is 2.24. The molecule has 1 fully saturated rings. The van der Waals surface area contributed by atoms with E-state index >= 15 is 0 Å². The van der Waals surface area contributed by atoms with Gasteiger partial charge in [0.1, 0.15) is 0 Å². The molecule has 0 bridgehead atoms. The molecule has 0 amide bonds. The first-order valence-corrected chi connectivity index (χ1v) is 6.15. The molecule has 0 spiro atoms. The van der Waals surface area contributed by atoms with Gasteiger partial charge < -0.3 is 10.5 Å². The van der Waals surface area contributed by atoms with Gasteiger partial charge in [0.2, 0.25) is 0 Å². The predicted octanol–water partition coefficient (Wildman–Crippen LogP) is 2.64. The molecule has 86 valence electrons. The minimum absolute atomic E-state index is 0.0303. The summed E-state index contributed by atoms with van der Waals surface area (Å²) in [7, 11) is 0. The van der Waals surface area contributed by atoms with Gasteiger partial charge >= 0.3 is 0 Å². The molecule has 1 unspecified atom stereocenters. The van der Waals surface area contributed by atoms with Gasteiger partial charge in [-0.05, 0) is 31.0 Å². The summed E-state index contributed by atoms with van der Waals surface area (Å²) in [4.78, 5) is 12.2. The molecule has 16 heavy (non-hydrogen) atoms. The normalized spacial score (nSPS) is 20.7. The van der Waals surface area contributed by atoms with Gasteiger partial charge in [-0.25, -0.2) is 0 Å². The highest BCUT2D eigenvalue weighted by Gasteiger charge is 2.24. The first kappa shape index (κ1) is 11.6. The summed E-state index contributed by atoms with van der Waals surface area (Å²) < 4.78 is 6.21. The molecule has 2 N–H and O–H groups in total. The van der Waals surface area contributed by atoms with Gasteiger partial charge in [0.05, 0.1) is 6.61 Å². The number of nitrogens with two attached hydrogens (primary N) is 1. The lowest BCUT2D eigenvalue weighted by atomic mass is 9.92. The molecule has 1 aliphatic heterocycles. The van der Waals surface area contributed by atoms with Crippen molar-refractivity contribution in [3.8, 4) is 0 Å². The van der Waals surface area contributed by atoms with Crippen molar-refractivity contribution in [1.82, 2.24) is 0 Å². The zero-order chi connectivity index (χ0) is 11.5. The average molecular weight is 284 g/mol. The van der Waals surface area contributed by atoms with Gasteiger partial charge in [-0.1, -0.05) is 15.9 Å². The van der Waals surface area contributed by atoms with Crippen molar-refractivity contribution in [2.45, 2.75) is 12.8 Å². The van der Waals surface area contributed by atoms with E-state index in [0.29, 0.717) is 17.9 Å². The van der Waals surface area contributed by atoms with Crippen molar-refractivity contribution in [2.75, 3.05) is 18.9 Å². The summed E-state index contributed by atoms with van der Waals surface area (Å²) in [6.45, 7) is 1.29. The number of ether oxygens (including phenoxy) is 1. The van der Waals surface area contributed by atoms with Crippen molar-refractivity contribution in [3.05, 3.63) is 28.2 Å². The summed E-state index contributed by atoms with van der Waals surface area (Å²) in [5.41, 5.74) is 6.98. The van der Waals surface area contributed by atoms with Crippen molar-refractivity contribution in [3.63, 3.8) is 0 Å². The summed E-state index contributed by atoms with van der Waals surface area (Å²) in [6.07, 6.45) is 1.85. The lowest BCUT2D eigenvalue weighted by Gasteiger charge is -2.21. The van der Waals surface area contributed by atoms with Crippen molar-refractivity contribution in [1.29, 1.82) is 0 Å². The topological polar surface area (TPSA) is 52.3 Å². The molecule has 4 heteroatoms. The number of hydrogen-bond donors (Lipinski definition) is 1. The van der Waals surface area contributed by atoms with Crippen LogP contribution in [0.5, 0.6) is 0 Å². The van der Waals surface area contributed by atoms with E-state index in [1.807, 2.05) is 6.07 Å². The Bertz CT molecular complexity index is 400. The Kier molecular flexibility index (Phi) is 3.61. The van der Waals surface area contributed by atoms with E-state index in [-0.39, 0.29) is 11.7 Å². The largest absolute Gasteiger partial charge is 0.398 e. The monoisotopic (exact) mass is 283 g/mol. The highest BCUT2D eigenvalue weighted by atomic mass is 79.9. The zero-order valence-corrected chi connectivity index (χ0v) is 10.5. The van der Waals surface area contributed by atoms with Crippen molar-refractivity contribution < 1.29 is 9.53 Å². The second-order valence-corrected chi connectivity index (χ2v) is 4.93. The maximum Gasteiger partial charge on any atom is 0.170 e.